The van der Waals surface area contributed by atoms with Crippen molar-refractivity contribution in [2.75, 3.05) is 11.9 Å². The van der Waals surface area contributed by atoms with Crippen LogP contribution in [0.1, 0.15) is 16.1 Å². The molecule has 0 amide bonds. The molecule has 7 heteroatoms. The molecule has 0 aliphatic rings. The number of nitro benzene ring substituents is 1. The highest BCUT2D eigenvalue weighted by molar-refractivity contribution is 9.08. The van der Waals surface area contributed by atoms with E-state index in [4.69, 9.17) is 0 Å². The number of hydrogen-bond acceptors (Lipinski definition) is 5. The number of benzene rings is 1. The van der Waals surface area contributed by atoms with Crippen molar-refractivity contribution >= 4 is 38.6 Å². The summed E-state index contributed by atoms with van der Waals surface area (Å²) in [5.41, 5.74) is 4.41. The predicted molar refractivity (Wildman–Crippen MR) is 84.7 cm³/mol. The van der Waals surface area contributed by atoms with Crippen LogP contribution in [-0.2, 0) is 11.9 Å². The Balaban J connectivity index is 2.31. The van der Waals surface area contributed by atoms with E-state index in [0.717, 1.165) is 16.1 Å². The Morgan fingerprint density at radius 2 is 2.25 bits per heavy atom. The maximum atomic E-state index is 11.2. The van der Waals surface area contributed by atoms with E-state index in [1.54, 1.807) is 29.0 Å². The molecule has 0 aliphatic heterocycles. The van der Waals surface area contributed by atoms with E-state index in [0.29, 0.717) is 17.6 Å². The second-order valence-electron chi connectivity index (χ2n) is 4.43. The molecule has 0 spiro atoms. The van der Waals surface area contributed by atoms with E-state index in [9.17, 15) is 10.1 Å². The molecule has 0 unspecified atom stereocenters. The molecule has 0 N–H and O–H groups in total. The van der Waals surface area contributed by atoms with Crippen LogP contribution in [0.25, 0.3) is 0 Å². The van der Waals surface area contributed by atoms with Crippen LogP contribution >= 0.6 is 27.3 Å². The molecule has 0 bridgehead atoms. The first-order chi connectivity index (χ1) is 9.52. The fourth-order valence-corrected chi connectivity index (χ4v) is 3.08. The van der Waals surface area contributed by atoms with E-state index in [2.05, 4.69) is 20.9 Å². The van der Waals surface area contributed by atoms with Gasteiger partial charge in [-0.1, -0.05) is 22.0 Å². The topological polar surface area (TPSA) is 59.3 Å². The van der Waals surface area contributed by atoms with Crippen molar-refractivity contribution < 1.29 is 4.92 Å². The van der Waals surface area contributed by atoms with Gasteiger partial charge in [0, 0.05) is 23.3 Å². The zero-order valence-electron chi connectivity index (χ0n) is 11.2. The van der Waals surface area contributed by atoms with Crippen molar-refractivity contribution in [2.24, 2.45) is 0 Å². The minimum Gasteiger partial charge on any atom is -0.364 e. The third-order valence-corrected chi connectivity index (χ3v) is 4.60. The van der Waals surface area contributed by atoms with Gasteiger partial charge in [-0.3, -0.25) is 10.1 Å². The van der Waals surface area contributed by atoms with E-state index >= 15 is 0 Å². The molecular formula is C13H14BrN3O2S. The van der Waals surface area contributed by atoms with Gasteiger partial charge in [-0.05, 0) is 18.6 Å². The highest BCUT2D eigenvalue weighted by Gasteiger charge is 2.18. The van der Waals surface area contributed by atoms with Crippen molar-refractivity contribution in [1.29, 1.82) is 0 Å². The number of nitrogens with zero attached hydrogens (tertiary/aromatic N) is 3. The largest absolute Gasteiger partial charge is 0.364 e. The second kappa shape index (κ2) is 6.32. The van der Waals surface area contributed by atoms with Gasteiger partial charge >= 0.3 is 0 Å². The summed E-state index contributed by atoms with van der Waals surface area (Å²) in [4.78, 5) is 18.1. The molecule has 2 rings (SSSR count). The smallest absolute Gasteiger partial charge is 0.292 e. The molecule has 0 saturated heterocycles. The Labute approximate surface area is 129 Å². The maximum absolute atomic E-state index is 11.2. The Kier molecular flexibility index (Phi) is 4.72. The number of anilines is 1. The first-order valence-electron chi connectivity index (χ1n) is 5.96. The number of thiazole rings is 1. The van der Waals surface area contributed by atoms with Crippen molar-refractivity contribution in [3.63, 3.8) is 0 Å². The van der Waals surface area contributed by atoms with Crippen LogP contribution in [0.5, 0.6) is 0 Å². The number of aryl methyl sites for hydroxylation is 1. The lowest BCUT2D eigenvalue weighted by molar-refractivity contribution is -0.384. The SMILES string of the molecule is Cc1ncsc1CN(C)c1ccc(CBr)cc1[N+](=O)[O-]. The fraction of sp³-hybridized carbons (Fsp3) is 0.308. The van der Waals surface area contributed by atoms with Crippen molar-refractivity contribution in [1.82, 2.24) is 4.98 Å². The highest BCUT2D eigenvalue weighted by atomic mass is 79.9. The number of alkyl halides is 1. The van der Waals surface area contributed by atoms with Gasteiger partial charge in [0.2, 0.25) is 0 Å². The summed E-state index contributed by atoms with van der Waals surface area (Å²) >= 11 is 4.88. The van der Waals surface area contributed by atoms with Crippen LogP contribution in [0.4, 0.5) is 11.4 Å². The van der Waals surface area contributed by atoms with Crippen molar-refractivity contribution in [3.8, 4) is 0 Å². The second-order valence-corrected chi connectivity index (χ2v) is 5.93. The van der Waals surface area contributed by atoms with Gasteiger partial charge < -0.3 is 4.90 Å². The number of halogens is 1. The van der Waals surface area contributed by atoms with Gasteiger partial charge in [-0.2, -0.15) is 0 Å². The molecule has 2 aromatic rings. The number of hydrogen-bond donors (Lipinski definition) is 0. The lowest BCUT2D eigenvalue weighted by Crippen LogP contribution is -2.17. The molecule has 0 saturated carbocycles. The molecular weight excluding hydrogens is 342 g/mol. The summed E-state index contributed by atoms with van der Waals surface area (Å²) in [6.07, 6.45) is 0. The highest BCUT2D eigenvalue weighted by Crippen LogP contribution is 2.30. The molecule has 0 fully saturated rings. The summed E-state index contributed by atoms with van der Waals surface area (Å²) in [5, 5.41) is 11.8. The molecule has 106 valence electrons. The lowest BCUT2D eigenvalue weighted by atomic mass is 10.2. The van der Waals surface area contributed by atoms with Gasteiger partial charge in [0.25, 0.3) is 5.69 Å². The van der Waals surface area contributed by atoms with E-state index in [1.165, 1.54) is 0 Å². The van der Waals surface area contributed by atoms with Gasteiger partial charge in [0.15, 0.2) is 0 Å². The summed E-state index contributed by atoms with van der Waals surface area (Å²) in [6.45, 7) is 2.56. The van der Waals surface area contributed by atoms with Crippen LogP contribution in [0.15, 0.2) is 23.7 Å². The maximum Gasteiger partial charge on any atom is 0.292 e. The molecule has 1 heterocycles. The molecule has 0 aliphatic carbocycles. The summed E-state index contributed by atoms with van der Waals surface area (Å²) < 4.78 is 0. The summed E-state index contributed by atoms with van der Waals surface area (Å²) in [7, 11) is 1.86. The first-order valence-corrected chi connectivity index (χ1v) is 7.96. The van der Waals surface area contributed by atoms with E-state index in [1.807, 2.05) is 24.9 Å². The molecule has 1 aromatic carbocycles. The Hall–Kier alpha value is -1.47. The average Bonchev–Trinajstić information content (AvgIpc) is 2.83. The predicted octanol–water partition coefficient (Wildman–Crippen LogP) is 3.89. The normalized spacial score (nSPS) is 10.6. The van der Waals surface area contributed by atoms with E-state index in [-0.39, 0.29) is 10.6 Å². The Morgan fingerprint density at radius 1 is 1.50 bits per heavy atom. The average molecular weight is 356 g/mol. The summed E-state index contributed by atoms with van der Waals surface area (Å²) in [6, 6.07) is 5.30. The third kappa shape index (κ3) is 3.16. The van der Waals surface area contributed by atoms with Crippen LogP contribution in [0.2, 0.25) is 0 Å². The molecule has 20 heavy (non-hydrogen) atoms. The number of rotatable bonds is 5. The minimum absolute atomic E-state index is 0.131. The zero-order valence-corrected chi connectivity index (χ0v) is 13.6. The van der Waals surface area contributed by atoms with Crippen molar-refractivity contribution in [3.05, 3.63) is 50.0 Å². The number of aromatic nitrogens is 1. The van der Waals surface area contributed by atoms with Crippen LogP contribution in [0.3, 0.4) is 0 Å². The standard InChI is InChI=1S/C13H14BrN3O2S/c1-9-13(20-8-15-9)7-16(2)11-4-3-10(6-14)5-12(11)17(18)19/h3-5,8H,6-7H2,1-2H3. The quantitative estimate of drug-likeness (QED) is 0.463. The lowest BCUT2D eigenvalue weighted by Gasteiger charge is -2.19. The fourth-order valence-electron chi connectivity index (χ4n) is 1.90. The Morgan fingerprint density at radius 3 is 2.80 bits per heavy atom. The molecule has 5 nitrogen and oxygen atoms in total. The van der Waals surface area contributed by atoms with Gasteiger partial charge in [-0.15, -0.1) is 11.3 Å². The van der Waals surface area contributed by atoms with Gasteiger partial charge in [-0.25, -0.2) is 4.98 Å². The van der Waals surface area contributed by atoms with Crippen LogP contribution in [-0.4, -0.2) is 17.0 Å². The number of nitro groups is 1. The van der Waals surface area contributed by atoms with E-state index < -0.39 is 0 Å². The Bertz CT molecular complexity index is 630. The summed E-state index contributed by atoms with van der Waals surface area (Å²) in [5.74, 6) is 0. The molecule has 0 atom stereocenters. The van der Waals surface area contributed by atoms with Crippen LogP contribution in [0, 0.1) is 17.0 Å². The minimum atomic E-state index is -0.336. The zero-order chi connectivity index (χ0) is 14.7. The first kappa shape index (κ1) is 14.9. The monoisotopic (exact) mass is 355 g/mol. The van der Waals surface area contributed by atoms with Gasteiger partial charge in [0.1, 0.15) is 5.69 Å². The van der Waals surface area contributed by atoms with Crippen molar-refractivity contribution in [2.45, 2.75) is 18.8 Å². The third-order valence-electron chi connectivity index (χ3n) is 3.03. The molecule has 0 radical (unpaired) electrons. The molecule has 1 aromatic heterocycles. The van der Waals surface area contributed by atoms with Crippen LogP contribution < -0.4 is 4.90 Å². The van der Waals surface area contributed by atoms with Gasteiger partial charge in [0.05, 0.1) is 22.7 Å².